The number of esters is 1. The Morgan fingerprint density at radius 1 is 1.11 bits per heavy atom. The molecule has 5 rings (SSSR count). The van der Waals surface area contributed by atoms with E-state index < -0.39 is 0 Å². The summed E-state index contributed by atoms with van der Waals surface area (Å²) in [6, 6.07) is 13.2. The number of methoxy groups -OCH3 is 1. The van der Waals surface area contributed by atoms with Crippen LogP contribution in [0.2, 0.25) is 0 Å². The zero-order valence-electron chi connectivity index (χ0n) is 20.6. The Kier molecular flexibility index (Phi) is 7.09. The number of benzene rings is 2. The lowest BCUT2D eigenvalue weighted by molar-refractivity contribution is -0.150. The number of ether oxygens (including phenoxy) is 4. The lowest BCUT2D eigenvalue weighted by Crippen LogP contribution is -2.44. The molecule has 1 fully saturated rings. The molecule has 0 bridgehead atoms. The van der Waals surface area contributed by atoms with E-state index in [1.807, 2.05) is 54.3 Å². The topological polar surface area (TPSA) is 89.9 Å². The fraction of sp³-hybridized carbons (Fsp3) is 0.444. The second kappa shape index (κ2) is 10.6. The molecule has 190 valence electrons. The maximum Gasteiger partial charge on any atom is 0.310 e. The third-order valence-electron chi connectivity index (χ3n) is 6.85. The summed E-state index contributed by atoms with van der Waals surface area (Å²) >= 11 is 0. The van der Waals surface area contributed by atoms with E-state index in [0.29, 0.717) is 31.1 Å². The summed E-state index contributed by atoms with van der Waals surface area (Å²) in [4.78, 5) is 27.9. The van der Waals surface area contributed by atoms with Crippen molar-refractivity contribution in [1.29, 1.82) is 0 Å². The van der Waals surface area contributed by atoms with Crippen molar-refractivity contribution in [3.8, 4) is 17.2 Å². The van der Waals surface area contributed by atoms with E-state index in [1.165, 1.54) is 0 Å². The van der Waals surface area contributed by atoms with Gasteiger partial charge in [0.1, 0.15) is 5.75 Å². The zero-order valence-corrected chi connectivity index (χ0v) is 20.6. The van der Waals surface area contributed by atoms with Gasteiger partial charge in [0.15, 0.2) is 11.5 Å². The van der Waals surface area contributed by atoms with Crippen LogP contribution < -0.4 is 14.2 Å². The molecule has 1 amide bonds. The molecular weight excluding hydrogens is 462 g/mol. The van der Waals surface area contributed by atoms with Crippen LogP contribution in [0.3, 0.4) is 0 Å². The second-order valence-corrected chi connectivity index (χ2v) is 9.17. The highest BCUT2D eigenvalue weighted by Gasteiger charge is 2.36. The summed E-state index contributed by atoms with van der Waals surface area (Å²) in [5, 5.41) is 6.37. The van der Waals surface area contributed by atoms with Gasteiger partial charge in [-0.05, 0) is 73.8 Å². The van der Waals surface area contributed by atoms with Crippen molar-refractivity contribution >= 4 is 17.6 Å². The summed E-state index contributed by atoms with van der Waals surface area (Å²) in [5.74, 6) is 1.64. The van der Waals surface area contributed by atoms with Crippen LogP contribution in [-0.2, 0) is 14.3 Å². The number of amides is 1. The first-order chi connectivity index (χ1) is 17.6. The van der Waals surface area contributed by atoms with Crippen LogP contribution in [0, 0.1) is 5.92 Å². The zero-order chi connectivity index (χ0) is 25.1. The number of hydrogen-bond acceptors (Lipinski definition) is 8. The van der Waals surface area contributed by atoms with Crippen molar-refractivity contribution in [3.63, 3.8) is 0 Å². The number of piperidine rings is 1. The lowest BCUT2D eigenvalue weighted by atomic mass is 9.97. The molecule has 2 atom stereocenters. The molecule has 2 aromatic rings. The molecule has 0 aromatic heterocycles. The number of hydrazone groups is 1. The van der Waals surface area contributed by atoms with Gasteiger partial charge in [-0.25, -0.2) is 5.01 Å². The predicted molar refractivity (Wildman–Crippen MR) is 132 cm³/mol. The van der Waals surface area contributed by atoms with Crippen molar-refractivity contribution < 1.29 is 28.5 Å². The van der Waals surface area contributed by atoms with Crippen LogP contribution in [0.4, 0.5) is 0 Å². The monoisotopic (exact) mass is 493 g/mol. The van der Waals surface area contributed by atoms with Gasteiger partial charge >= 0.3 is 5.97 Å². The largest absolute Gasteiger partial charge is 0.497 e. The van der Waals surface area contributed by atoms with Crippen molar-refractivity contribution in [2.24, 2.45) is 11.0 Å². The molecule has 0 radical (unpaired) electrons. The molecule has 3 aliphatic heterocycles. The molecule has 0 saturated carbocycles. The van der Waals surface area contributed by atoms with E-state index in [9.17, 15) is 9.59 Å². The average Bonchev–Trinajstić information content (AvgIpc) is 3.56. The Hall–Kier alpha value is -3.59. The van der Waals surface area contributed by atoms with Crippen molar-refractivity contribution in [1.82, 2.24) is 9.91 Å². The van der Waals surface area contributed by atoms with Gasteiger partial charge in [-0.1, -0.05) is 6.07 Å². The second-order valence-electron chi connectivity index (χ2n) is 9.17. The molecule has 2 aromatic carbocycles. The van der Waals surface area contributed by atoms with Gasteiger partial charge in [0.05, 0.1) is 37.9 Å². The van der Waals surface area contributed by atoms with E-state index in [2.05, 4.69) is 0 Å². The van der Waals surface area contributed by atoms with Gasteiger partial charge in [-0.15, -0.1) is 0 Å². The quantitative estimate of drug-likeness (QED) is 0.546. The van der Waals surface area contributed by atoms with Crippen molar-refractivity contribution in [2.75, 3.05) is 40.1 Å². The van der Waals surface area contributed by atoms with E-state index >= 15 is 0 Å². The highest BCUT2D eigenvalue weighted by molar-refractivity contribution is 6.03. The Morgan fingerprint density at radius 2 is 1.92 bits per heavy atom. The van der Waals surface area contributed by atoms with Gasteiger partial charge in [0.25, 0.3) is 5.91 Å². The molecule has 0 aliphatic carbocycles. The van der Waals surface area contributed by atoms with Crippen molar-refractivity contribution in [3.05, 3.63) is 53.6 Å². The number of likely N-dealkylation sites (tertiary alicyclic amines) is 1. The van der Waals surface area contributed by atoms with Gasteiger partial charge in [-0.2, -0.15) is 5.10 Å². The molecule has 9 heteroatoms. The Balaban J connectivity index is 1.37. The number of rotatable bonds is 7. The third-order valence-corrected chi connectivity index (χ3v) is 6.85. The number of hydrogen-bond donors (Lipinski definition) is 0. The molecule has 3 heterocycles. The molecular formula is C27H31N3O6. The highest BCUT2D eigenvalue weighted by Crippen LogP contribution is 2.39. The predicted octanol–water partition coefficient (Wildman–Crippen LogP) is 3.38. The van der Waals surface area contributed by atoms with Crippen molar-refractivity contribution in [2.45, 2.75) is 32.2 Å². The standard InChI is InChI=1S/C27H31N3O6/c1-3-34-27(32)20-5-4-12-29(15-20)16-26(31)30-23(19-8-11-24-25(13-19)36-17-35-24)14-22(28-30)18-6-9-21(33-2)10-7-18/h6-11,13,20,23H,3-5,12,14-17H2,1-2H3/t20-,23-/m0/s1. The summed E-state index contributed by atoms with van der Waals surface area (Å²) < 4.78 is 21.5. The fourth-order valence-electron chi connectivity index (χ4n) is 4.99. The molecule has 0 N–H and O–H groups in total. The summed E-state index contributed by atoms with van der Waals surface area (Å²) in [6.45, 7) is 3.83. The number of nitrogens with zero attached hydrogens (tertiary/aromatic N) is 3. The molecule has 0 spiro atoms. The van der Waals surface area contributed by atoms with Gasteiger partial charge in [0, 0.05) is 13.0 Å². The average molecular weight is 494 g/mol. The van der Waals surface area contributed by atoms with Crippen LogP contribution in [0.25, 0.3) is 0 Å². The highest BCUT2D eigenvalue weighted by atomic mass is 16.7. The maximum absolute atomic E-state index is 13.6. The Bertz CT molecular complexity index is 1150. The lowest BCUT2D eigenvalue weighted by Gasteiger charge is -2.32. The number of carbonyl (C=O) groups excluding carboxylic acids is 2. The number of fused-ring (bicyclic) bond motifs is 1. The Labute approximate surface area is 210 Å². The van der Waals surface area contributed by atoms with E-state index in [4.69, 9.17) is 24.0 Å². The molecule has 3 aliphatic rings. The Morgan fingerprint density at radius 3 is 2.69 bits per heavy atom. The van der Waals surface area contributed by atoms with Crippen LogP contribution >= 0.6 is 0 Å². The third kappa shape index (κ3) is 5.02. The summed E-state index contributed by atoms with van der Waals surface area (Å²) in [7, 11) is 1.63. The normalized spacial score (nSPS) is 21.3. The minimum atomic E-state index is -0.269. The minimum absolute atomic E-state index is 0.106. The van der Waals surface area contributed by atoms with Crippen LogP contribution in [0.15, 0.2) is 47.6 Å². The van der Waals surface area contributed by atoms with Gasteiger partial charge in [-0.3, -0.25) is 14.5 Å². The van der Waals surface area contributed by atoms with Gasteiger partial charge in [0.2, 0.25) is 6.79 Å². The smallest absolute Gasteiger partial charge is 0.310 e. The minimum Gasteiger partial charge on any atom is -0.497 e. The van der Waals surface area contributed by atoms with Crippen LogP contribution in [0.1, 0.15) is 43.4 Å². The van der Waals surface area contributed by atoms with E-state index in [1.54, 1.807) is 12.1 Å². The maximum atomic E-state index is 13.6. The van der Waals surface area contributed by atoms with E-state index in [0.717, 1.165) is 42.0 Å². The summed E-state index contributed by atoms with van der Waals surface area (Å²) in [6.07, 6.45) is 2.21. The first kappa shape index (κ1) is 24.1. The van der Waals surface area contributed by atoms with E-state index in [-0.39, 0.29) is 37.2 Å². The molecule has 9 nitrogen and oxygen atoms in total. The number of carbonyl (C=O) groups is 2. The van der Waals surface area contributed by atoms with Crippen LogP contribution in [0.5, 0.6) is 17.2 Å². The molecule has 36 heavy (non-hydrogen) atoms. The van der Waals surface area contributed by atoms with Gasteiger partial charge < -0.3 is 18.9 Å². The SMILES string of the molecule is CCOC(=O)[C@H]1CCCN(CC(=O)N2N=C(c3ccc(OC)cc3)C[C@H]2c2ccc3c(c2)OCO3)C1. The molecule has 0 unspecified atom stereocenters. The van der Waals surface area contributed by atoms with Crippen LogP contribution in [-0.4, -0.2) is 67.6 Å². The fourth-order valence-corrected chi connectivity index (χ4v) is 4.99. The summed E-state index contributed by atoms with van der Waals surface area (Å²) in [5.41, 5.74) is 2.71. The first-order valence-electron chi connectivity index (χ1n) is 12.4. The molecule has 1 saturated heterocycles. The first-order valence-corrected chi connectivity index (χ1v) is 12.4.